The first kappa shape index (κ1) is 12.7. The maximum atomic E-state index is 7.32. The Morgan fingerprint density at radius 1 is 1.31 bits per heavy atom. The molecule has 16 heavy (non-hydrogen) atoms. The van der Waals surface area contributed by atoms with Crippen LogP contribution in [-0.4, -0.2) is 10.8 Å². The molecule has 3 N–H and O–H groups in total. The highest BCUT2D eigenvalue weighted by Crippen LogP contribution is 2.24. The van der Waals surface area contributed by atoms with Crippen LogP contribution in [0.25, 0.3) is 10.9 Å². The van der Waals surface area contributed by atoms with Gasteiger partial charge in [0, 0.05) is 10.4 Å². The molecule has 0 saturated carbocycles. The Bertz CT molecular complexity index is 552. The van der Waals surface area contributed by atoms with Gasteiger partial charge in [0.15, 0.2) is 0 Å². The minimum absolute atomic E-state index is 0. The van der Waals surface area contributed by atoms with Gasteiger partial charge in [0.05, 0.1) is 5.52 Å². The van der Waals surface area contributed by atoms with E-state index in [1.54, 1.807) is 6.07 Å². The second kappa shape index (κ2) is 4.68. The summed E-state index contributed by atoms with van der Waals surface area (Å²) in [6.07, 6.45) is 0. The van der Waals surface area contributed by atoms with E-state index in [1.807, 2.05) is 25.1 Å². The van der Waals surface area contributed by atoms with E-state index in [0.717, 1.165) is 16.5 Å². The highest BCUT2D eigenvalue weighted by atomic mass is 35.5. The van der Waals surface area contributed by atoms with Crippen molar-refractivity contribution in [3.8, 4) is 0 Å². The average Bonchev–Trinajstić information content (AvgIpc) is 2.23. The lowest BCUT2D eigenvalue weighted by atomic mass is 10.1. The average molecular weight is 256 g/mol. The molecular formula is C11H11Cl2N3. The van der Waals surface area contributed by atoms with Gasteiger partial charge >= 0.3 is 0 Å². The molecule has 5 heteroatoms. The van der Waals surface area contributed by atoms with Crippen molar-refractivity contribution in [1.29, 1.82) is 5.41 Å². The van der Waals surface area contributed by atoms with E-state index in [4.69, 9.17) is 22.7 Å². The van der Waals surface area contributed by atoms with Gasteiger partial charge in [-0.05, 0) is 30.7 Å². The molecule has 0 unspecified atom stereocenters. The summed E-state index contributed by atoms with van der Waals surface area (Å²) in [7, 11) is 0. The van der Waals surface area contributed by atoms with Crippen LogP contribution in [0.1, 0.15) is 11.3 Å². The Kier molecular flexibility index (Phi) is 3.73. The third-order valence-electron chi connectivity index (χ3n) is 2.28. The summed E-state index contributed by atoms with van der Waals surface area (Å²) < 4.78 is 0. The van der Waals surface area contributed by atoms with E-state index in [1.165, 1.54) is 0 Å². The number of nitrogens with zero attached hydrogens (tertiary/aromatic N) is 1. The molecule has 0 aliphatic rings. The third-order valence-corrected chi connectivity index (χ3v) is 2.61. The Labute approximate surface area is 105 Å². The maximum Gasteiger partial charge on any atom is 0.141 e. The van der Waals surface area contributed by atoms with Gasteiger partial charge in [0.1, 0.15) is 11.5 Å². The zero-order chi connectivity index (χ0) is 11.0. The summed E-state index contributed by atoms with van der Waals surface area (Å²) in [6.45, 7) is 1.95. The number of aromatic nitrogens is 1. The fourth-order valence-corrected chi connectivity index (χ4v) is 1.68. The lowest BCUT2D eigenvalue weighted by Gasteiger charge is -2.05. The van der Waals surface area contributed by atoms with Crippen LogP contribution in [0.2, 0.25) is 5.02 Å². The topological polar surface area (TPSA) is 62.8 Å². The lowest BCUT2D eigenvalue weighted by molar-refractivity contribution is 1.29. The van der Waals surface area contributed by atoms with Crippen LogP contribution < -0.4 is 5.73 Å². The van der Waals surface area contributed by atoms with E-state index in [9.17, 15) is 0 Å². The first-order chi connectivity index (χ1) is 7.09. The number of amidine groups is 1. The van der Waals surface area contributed by atoms with Crippen LogP contribution in [0.5, 0.6) is 0 Å². The summed E-state index contributed by atoms with van der Waals surface area (Å²) in [5, 5.41) is 8.87. The molecule has 2 rings (SSSR count). The Balaban J connectivity index is 0.00000128. The largest absolute Gasteiger partial charge is 0.382 e. The van der Waals surface area contributed by atoms with Gasteiger partial charge < -0.3 is 5.73 Å². The number of fused-ring (bicyclic) bond motifs is 1. The van der Waals surface area contributed by atoms with Crippen molar-refractivity contribution in [2.75, 3.05) is 0 Å². The molecule has 0 atom stereocenters. The summed E-state index contributed by atoms with van der Waals surface area (Å²) >= 11 is 6.04. The molecule has 2 aromatic rings. The van der Waals surface area contributed by atoms with Crippen LogP contribution in [0, 0.1) is 12.3 Å². The SMILES string of the molecule is Cc1ccc(Cl)c2ccc(C(=N)N)nc12.Cl. The van der Waals surface area contributed by atoms with E-state index in [0.29, 0.717) is 10.7 Å². The summed E-state index contributed by atoms with van der Waals surface area (Å²) in [4.78, 5) is 4.30. The second-order valence-electron chi connectivity index (χ2n) is 3.37. The number of rotatable bonds is 1. The molecule has 84 valence electrons. The number of nitrogen functional groups attached to an aromatic ring is 1. The predicted molar refractivity (Wildman–Crippen MR) is 69.8 cm³/mol. The molecule has 0 saturated heterocycles. The van der Waals surface area contributed by atoms with E-state index in [2.05, 4.69) is 4.98 Å². The normalized spacial score (nSPS) is 9.88. The van der Waals surface area contributed by atoms with Crippen LogP contribution in [0.15, 0.2) is 24.3 Å². The highest BCUT2D eigenvalue weighted by molar-refractivity contribution is 6.35. The molecule has 0 aliphatic heterocycles. The maximum absolute atomic E-state index is 7.32. The van der Waals surface area contributed by atoms with Gasteiger partial charge in [-0.1, -0.05) is 17.7 Å². The number of nitrogens with two attached hydrogens (primary N) is 1. The first-order valence-electron chi connectivity index (χ1n) is 4.50. The smallest absolute Gasteiger partial charge is 0.141 e. The highest BCUT2D eigenvalue weighted by Gasteiger charge is 2.05. The molecular weight excluding hydrogens is 245 g/mol. The molecule has 0 spiro atoms. The summed E-state index contributed by atoms with van der Waals surface area (Å²) in [5.41, 5.74) is 7.69. The van der Waals surface area contributed by atoms with Gasteiger partial charge in [-0.2, -0.15) is 0 Å². The van der Waals surface area contributed by atoms with Crippen molar-refractivity contribution in [2.24, 2.45) is 5.73 Å². The molecule has 0 aliphatic carbocycles. The molecule has 1 heterocycles. The number of benzene rings is 1. The molecule has 3 nitrogen and oxygen atoms in total. The van der Waals surface area contributed by atoms with Crippen molar-refractivity contribution >= 4 is 40.7 Å². The minimum Gasteiger partial charge on any atom is -0.382 e. The fraction of sp³-hybridized carbons (Fsp3) is 0.0909. The van der Waals surface area contributed by atoms with Crippen LogP contribution in [0.3, 0.4) is 0 Å². The quantitative estimate of drug-likeness (QED) is 0.608. The molecule has 1 aromatic heterocycles. The zero-order valence-corrected chi connectivity index (χ0v) is 10.2. The third kappa shape index (κ3) is 2.10. The van der Waals surface area contributed by atoms with Crippen molar-refractivity contribution in [3.05, 3.63) is 40.5 Å². The lowest BCUT2D eigenvalue weighted by Crippen LogP contribution is -2.13. The Morgan fingerprint density at radius 3 is 2.62 bits per heavy atom. The molecule has 0 amide bonds. The van der Waals surface area contributed by atoms with E-state index >= 15 is 0 Å². The van der Waals surface area contributed by atoms with Crippen LogP contribution in [-0.2, 0) is 0 Å². The summed E-state index contributed by atoms with van der Waals surface area (Å²) in [6, 6.07) is 7.29. The Hall–Kier alpha value is -1.32. The van der Waals surface area contributed by atoms with Gasteiger partial charge in [-0.15, -0.1) is 12.4 Å². The number of pyridine rings is 1. The van der Waals surface area contributed by atoms with Crippen molar-refractivity contribution in [1.82, 2.24) is 4.98 Å². The van der Waals surface area contributed by atoms with Gasteiger partial charge in [0.25, 0.3) is 0 Å². The minimum atomic E-state index is -0.0312. The van der Waals surface area contributed by atoms with E-state index < -0.39 is 0 Å². The predicted octanol–water partition coefficient (Wildman–Crippen LogP) is 2.90. The first-order valence-corrected chi connectivity index (χ1v) is 4.87. The molecule has 0 fully saturated rings. The number of halogens is 2. The van der Waals surface area contributed by atoms with Crippen LogP contribution in [0.4, 0.5) is 0 Å². The zero-order valence-electron chi connectivity index (χ0n) is 8.62. The monoisotopic (exact) mass is 255 g/mol. The van der Waals surface area contributed by atoms with Crippen molar-refractivity contribution in [3.63, 3.8) is 0 Å². The molecule has 0 radical (unpaired) electrons. The van der Waals surface area contributed by atoms with Crippen LogP contribution >= 0.6 is 24.0 Å². The number of hydrogen-bond donors (Lipinski definition) is 2. The second-order valence-corrected chi connectivity index (χ2v) is 3.78. The molecule has 0 bridgehead atoms. The standard InChI is InChI=1S/C11H10ClN3.ClH/c1-6-2-4-8(12)7-3-5-9(11(13)14)15-10(6)7;/h2-5H,1H3,(H3,13,14);1H. The van der Waals surface area contributed by atoms with Crippen molar-refractivity contribution in [2.45, 2.75) is 6.92 Å². The summed E-state index contributed by atoms with van der Waals surface area (Å²) in [5.74, 6) is -0.0312. The van der Waals surface area contributed by atoms with Gasteiger partial charge in [-0.25, -0.2) is 4.98 Å². The van der Waals surface area contributed by atoms with E-state index in [-0.39, 0.29) is 18.2 Å². The number of hydrogen-bond acceptors (Lipinski definition) is 2. The van der Waals surface area contributed by atoms with Gasteiger partial charge in [-0.3, -0.25) is 5.41 Å². The number of aryl methyl sites for hydroxylation is 1. The van der Waals surface area contributed by atoms with Gasteiger partial charge in [0.2, 0.25) is 0 Å². The fourth-order valence-electron chi connectivity index (χ4n) is 1.47. The molecule has 1 aromatic carbocycles. The van der Waals surface area contributed by atoms with Crippen molar-refractivity contribution < 1.29 is 0 Å². The number of nitrogens with one attached hydrogen (secondary N) is 1. The Morgan fingerprint density at radius 2 is 2.00 bits per heavy atom.